The summed E-state index contributed by atoms with van der Waals surface area (Å²) in [5.74, 6) is 0.544. The summed E-state index contributed by atoms with van der Waals surface area (Å²) in [6, 6.07) is 5.20. The van der Waals surface area contributed by atoms with Crippen LogP contribution in [0.4, 0.5) is 4.79 Å². The van der Waals surface area contributed by atoms with Gasteiger partial charge in [-0.25, -0.2) is 23.6 Å². The van der Waals surface area contributed by atoms with Gasteiger partial charge in [-0.3, -0.25) is 0 Å². The number of hydrazone groups is 1. The van der Waals surface area contributed by atoms with Crippen molar-refractivity contribution >= 4 is 21.8 Å². The van der Waals surface area contributed by atoms with Gasteiger partial charge in [0.1, 0.15) is 5.75 Å². The SMILES string of the molecule is COc1ccc(S(=O)(=O)NN2CC(C)=NNC2=O)cc1. The molecule has 0 aliphatic carbocycles. The summed E-state index contributed by atoms with van der Waals surface area (Å²) in [7, 11) is -2.35. The van der Waals surface area contributed by atoms with E-state index in [1.165, 1.54) is 31.4 Å². The number of nitrogens with one attached hydrogen (secondary N) is 2. The Labute approximate surface area is 116 Å². The summed E-state index contributed by atoms with van der Waals surface area (Å²) in [6.07, 6.45) is 0. The largest absolute Gasteiger partial charge is 0.497 e. The van der Waals surface area contributed by atoms with E-state index >= 15 is 0 Å². The van der Waals surface area contributed by atoms with E-state index in [-0.39, 0.29) is 11.4 Å². The van der Waals surface area contributed by atoms with Crippen molar-refractivity contribution in [2.45, 2.75) is 11.8 Å². The highest BCUT2D eigenvalue weighted by Crippen LogP contribution is 2.15. The van der Waals surface area contributed by atoms with Gasteiger partial charge >= 0.3 is 6.03 Å². The number of amides is 2. The maximum absolute atomic E-state index is 12.1. The van der Waals surface area contributed by atoms with Gasteiger partial charge in [0, 0.05) is 0 Å². The van der Waals surface area contributed by atoms with Crippen LogP contribution < -0.4 is 15.0 Å². The summed E-state index contributed by atoms with van der Waals surface area (Å²) in [5.41, 5.74) is 2.79. The number of methoxy groups -OCH3 is 1. The number of sulfonamides is 1. The zero-order chi connectivity index (χ0) is 14.8. The molecular formula is C11H14N4O4S. The third-order valence-corrected chi connectivity index (χ3v) is 3.93. The van der Waals surface area contributed by atoms with E-state index in [0.29, 0.717) is 11.5 Å². The van der Waals surface area contributed by atoms with Crippen molar-refractivity contribution in [3.8, 4) is 5.75 Å². The summed E-state index contributed by atoms with van der Waals surface area (Å²) in [6.45, 7) is 1.76. The quantitative estimate of drug-likeness (QED) is 0.834. The molecule has 108 valence electrons. The van der Waals surface area contributed by atoms with E-state index in [1.807, 2.05) is 0 Å². The third-order valence-electron chi connectivity index (χ3n) is 2.57. The number of hydrazine groups is 1. The predicted octanol–water partition coefficient (Wildman–Crippen LogP) is 0.290. The van der Waals surface area contributed by atoms with Gasteiger partial charge in [0.2, 0.25) is 0 Å². The van der Waals surface area contributed by atoms with E-state index in [1.54, 1.807) is 6.92 Å². The van der Waals surface area contributed by atoms with Crippen LogP contribution in [0.3, 0.4) is 0 Å². The van der Waals surface area contributed by atoms with Gasteiger partial charge in [-0.1, -0.05) is 0 Å². The summed E-state index contributed by atoms with van der Waals surface area (Å²) >= 11 is 0. The highest BCUT2D eigenvalue weighted by atomic mass is 32.2. The molecule has 1 aliphatic rings. The molecule has 0 saturated carbocycles. The topological polar surface area (TPSA) is 100 Å². The Morgan fingerprint density at radius 1 is 1.35 bits per heavy atom. The van der Waals surface area contributed by atoms with Crippen LogP contribution in [0.5, 0.6) is 5.75 Å². The second-order valence-electron chi connectivity index (χ2n) is 4.12. The van der Waals surface area contributed by atoms with Crippen LogP contribution in [-0.2, 0) is 10.0 Å². The molecule has 1 aromatic carbocycles. The number of carbonyl (C=O) groups excluding carboxylic acids is 1. The first-order chi connectivity index (χ1) is 9.42. The number of urea groups is 1. The van der Waals surface area contributed by atoms with Crippen molar-refractivity contribution in [1.82, 2.24) is 15.3 Å². The molecular weight excluding hydrogens is 284 g/mol. The fraction of sp³-hybridized carbons (Fsp3) is 0.273. The number of hydrogen-bond donors (Lipinski definition) is 2. The lowest BCUT2D eigenvalue weighted by Gasteiger charge is -2.25. The first-order valence-corrected chi connectivity index (χ1v) is 7.18. The van der Waals surface area contributed by atoms with Crippen LogP contribution in [0.2, 0.25) is 0 Å². The average Bonchev–Trinajstić information content (AvgIpc) is 2.43. The van der Waals surface area contributed by atoms with Crippen LogP contribution in [0.15, 0.2) is 34.3 Å². The highest BCUT2D eigenvalue weighted by molar-refractivity contribution is 7.89. The molecule has 2 rings (SSSR count). The first-order valence-electron chi connectivity index (χ1n) is 5.69. The fourth-order valence-corrected chi connectivity index (χ4v) is 2.60. The zero-order valence-electron chi connectivity index (χ0n) is 11.0. The molecule has 0 unspecified atom stereocenters. The van der Waals surface area contributed by atoms with Crippen molar-refractivity contribution in [1.29, 1.82) is 0 Å². The minimum Gasteiger partial charge on any atom is -0.497 e. The molecule has 20 heavy (non-hydrogen) atoms. The lowest BCUT2D eigenvalue weighted by Crippen LogP contribution is -2.54. The van der Waals surface area contributed by atoms with Crippen LogP contribution >= 0.6 is 0 Å². The highest BCUT2D eigenvalue weighted by Gasteiger charge is 2.25. The molecule has 1 heterocycles. The van der Waals surface area contributed by atoms with Gasteiger partial charge in [0.15, 0.2) is 0 Å². The molecule has 9 heteroatoms. The molecule has 0 aromatic heterocycles. The van der Waals surface area contributed by atoms with E-state index in [0.717, 1.165) is 5.01 Å². The number of hydrogen-bond acceptors (Lipinski definition) is 5. The van der Waals surface area contributed by atoms with E-state index in [4.69, 9.17) is 4.74 Å². The molecule has 8 nitrogen and oxygen atoms in total. The average molecular weight is 298 g/mol. The Hall–Kier alpha value is -2.13. The van der Waals surface area contributed by atoms with Crippen LogP contribution in [0.25, 0.3) is 0 Å². The number of benzene rings is 1. The molecule has 0 saturated heterocycles. The summed E-state index contributed by atoms with van der Waals surface area (Å²) in [5, 5.41) is 4.66. The molecule has 2 N–H and O–H groups in total. The predicted molar refractivity (Wildman–Crippen MR) is 71.7 cm³/mol. The van der Waals surface area contributed by atoms with Crippen molar-refractivity contribution in [2.24, 2.45) is 5.10 Å². The summed E-state index contributed by atoms with van der Waals surface area (Å²) in [4.78, 5) is 13.7. The summed E-state index contributed by atoms with van der Waals surface area (Å²) < 4.78 is 29.2. The van der Waals surface area contributed by atoms with Gasteiger partial charge in [0.25, 0.3) is 10.0 Å². The standard InChI is InChI=1S/C11H14N4O4S/c1-8-7-15(11(16)13-12-8)14-20(17,18)10-5-3-9(19-2)4-6-10/h3-6,14H,7H2,1-2H3,(H,13,16). The van der Waals surface area contributed by atoms with E-state index in [2.05, 4.69) is 15.4 Å². The van der Waals surface area contributed by atoms with Crippen LogP contribution in [-0.4, -0.2) is 38.8 Å². The minimum atomic E-state index is -3.84. The molecule has 1 aliphatic heterocycles. The van der Waals surface area contributed by atoms with Crippen molar-refractivity contribution < 1.29 is 17.9 Å². The number of ether oxygens (including phenoxy) is 1. The van der Waals surface area contributed by atoms with Crippen molar-refractivity contribution in [2.75, 3.05) is 13.7 Å². The Bertz CT molecular complexity index is 639. The van der Waals surface area contributed by atoms with Crippen molar-refractivity contribution in [3.05, 3.63) is 24.3 Å². The molecule has 1 aromatic rings. The Morgan fingerprint density at radius 2 is 2.00 bits per heavy atom. The normalized spacial score (nSPS) is 15.6. The van der Waals surface area contributed by atoms with Crippen LogP contribution in [0, 0.1) is 0 Å². The third kappa shape index (κ3) is 3.06. The molecule has 0 spiro atoms. The number of carbonyl (C=O) groups is 1. The maximum atomic E-state index is 12.1. The van der Waals surface area contributed by atoms with E-state index < -0.39 is 16.1 Å². The molecule has 0 radical (unpaired) electrons. The Morgan fingerprint density at radius 3 is 2.60 bits per heavy atom. The Kier molecular flexibility index (Phi) is 3.91. The maximum Gasteiger partial charge on any atom is 0.353 e. The van der Waals surface area contributed by atoms with E-state index in [9.17, 15) is 13.2 Å². The van der Waals surface area contributed by atoms with Gasteiger partial charge < -0.3 is 4.74 Å². The Balaban J connectivity index is 2.18. The van der Waals surface area contributed by atoms with Crippen molar-refractivity contribution in [3.63, 3.8) is 0 Å². The first kappa shape index (κ1) is 14.3. The zero-order valence-corrected chi connectivity index (χ0v) is 11.8. The second kappa shape index (κ2) is 5.47. The lowest BCUT2D eigenvalue weighted by molar-refractivity contribution is 0.193. The minimum absolute atomic E-state index is 0.0336. The fourth-order valence-electron chi connectivity index (χ4n) is 1.57. The van der Waals surface area contributed by atoms with Gasteiger partial charge in [-0.15, -0.1) is 4.83 Å². The van der Waals surface area contributed by atoms with Gasteiger partial charge in [0.05, 0.1) is 24.3 Å². The smallest absolute Gasteiger partial charge is 0.353 e. The molecule has 2 amide bonds. The van der Waals surface area contributed by atoms with Gasteiger partial charge in [-0.2, -0.15) is 5.10 Å². The number of nitrogens with zero attached hydrogens (tertiary/aromatic N) is 2. The van der Waals surface area contributed by atoms with Crippen LogP contribution in [0.1, 0.15) is 6.92 Å². The monoisotopic (exact) mass is 298 g/mol. The number of rotatable bonds is 4. The van der Waals surface area contributed by atoms with Gasteiger partial charge in [-0.05, 0) is 31.2 Å². The lowest BCUT2D eigenvalue weighted by atomic mass is 10.3. The molecule has 0 bridgehead atoms. The second-order valence-corrected chi connectivity index (χ2v) is 5.78. The molecule has 0 fully saturated rings. The molecule has 0 atom stereocenters.